The average molecular weight is 212 g/mol. The van der Waals surface area contributed by atoms with Crippen LogP contribution in [0.2, 0.25) is 0 Å². The lowest BCUT2D eigenvalue weighted by molar-refractivity contribution is -0.141. The first-order chi connectivity index (χ1) is 6.99. The van der Waals surface area contributed by atoms with Crippen molar-refractivity contribution in [3.05, 3.63) is 17.5 Å². The molecule has 1 amide bonds. The number of aryl methyl sites for hydroxylation is 1. The smallest absolute Gasteiger partial charge is 0.325 e. The third-order valence-electron chi connectivity index (χ3n) is 1.77. The number of carboxylic acid groups (broad SMARTS) is 1. The Bertz CT molecular complexity index is 372. The summed E-state index contributed by atoms with van der Waals surface area (Å²) in [5.41, 5.74) is 0.489. The fraction of sp³-hybridized carbons (Fsp3) is 0.444. The van der Waals surface area contributed by atoms with Crippen LogP contribution in [0.5, 0.6) is 0 Å². The molecule has 6 nitrogen and oxygen atoms in total. The highest BCUT2D eigenvalue weighted by Gasteiger charge is 2.15. The van der Waals surface area contributed by atoms with Crippen LogP contribution in [-0.2, 0) is 16.0 Å². The zero-order valence-corrected chi connectivity index (χ0v) is 8.48. The van der Waals surface area contributed by atoms with Crippen molar-refractivity contribution in [3.8, 4) is 0 Å². The first kappa shape index (κ1) is 11.2. The fourth-order valence-corrected chi connectivity index (χ4v) is 1.02. The highest BCUT2D eigenvalue weighted by atomic mass is 16.5. The summed E-state index contributed by atoms with van der Waals surface area (Å²) in [6.07, 6.45) is 0.0228. The lowest BCUT2D eigenvalue weighted by atomic mass is 10.2. The van der Waals surface area contributed by atoms with E-state index in [0.29, 0.717) is 11.5 Å². The van der Waals surface area contributed by atoms with Gasteiger partial charge in [-0.25, -0.2) is 0 Å². The molecule has 0 bridgehead atoms. The van der Waals surface area contributed by atoms with Gasteiger partial charge in [-0.3, -0.25) is 9.59 Å². The quantitative estimate of drug-likeness (QED) is 0.739. The molecule has 82 valence electrons. The molecule has 0 fully saturated rings. The predicted molar refractivity (Wildman–Crippen MR) is 50.2 cm³/mol. The van der Waals surface area contributed by atoms with E-state index in [1.807, 2.05) is 0 Å². The van der Waals surface area contributed by atoms with Crippen LogP contribution in [-0.4, -0.2) is 28.2 Å². The summed E-state index contributed by atoms with van der Waals surface area (Å²) in [5.74, 6) is -0.845. The summed E-state index contributed by atoms with van der Waals surface area (Å²) in [6.45, 7) is 3.11. The molecule has 0 saturated heterocycles. The van der Waals surface area contributed by atoms with E-state index in [1.165, 1.54) is 6.92 Å². The van der Waals surface area contributed by atoms with E-state index in [1.54, 1.807) is 13.0 Å². The van der Waals surface area contributed by atoms with Crippen molar-refractivity contribution in [2.45, 2.75) is 26.3 Å². The third kappa shape index (κ3) is 3.41. The second kappa shape index (κ2) is 4.59. The largest absolute Gasteiger partial charge is 0.480 e. The molecule has 0 aliphatic rings. The molecule has 1 rings (SSSR count). The minimum absolute atomic E-state index is 0.0228. The van der Waals surface area contributed by atoms with Gasteiger partial charge < -0.3 is 14.9 Å². The SMILES string of the molecule is Cc1cc(CC(=O)N[C@H](C)C(=O)O)no1. The van der Waals surface area contributed by atoms with Crippen molar-refractivity contribution in [2.75, 3.05) is 0 Å². The van der Waals surface area contributed by atoms with Crippen LogP contribution in [0.3, 0.4) is 0 Å². The van der Waals surface area contributed by atoms with E-state index in [9.17, 15) is 9.59 Å². The second-order valence-corrected chi connectivity index (χ2v) is 3.23. The molecule has 1 atom stereocenters. The highest BCUT2D eigenvalue weighted by molar-refractivity contribution is 5.84. The van der Waals surface area contributed by atoms with Gasteiger partial charge in [0.25, 0.3) is 0 Å². The first-order valence-corrected chi connectivity index (χ1v) is 4.43. The van der Waals surface area contributed by atoms with E-state index in [2.05, 4.69) is 10.5 Å². The molecule has 2 N–H and O–H groups in total. The molecule has 0 aliphatic heterocycles. The summed E-state index contributed by atoms with van der Waals surface area (Å²) in [6, 6.07) is 0.732. The van der Waals surface area contributed by atoms with Crippen molar-refractivity contribution in [3.63, 3.8) is 0 Å². The molecule has 0 radical (unpaired) electrons. The molecular weight excluding hydrogens is 200 g/mol. The van der Waals surface area contributed by atoms with Gasteiger partial charge in [0.05, 0.1) is 12.1 Å². The number of aliphatic carboxylic acids is 1. The molecule has 15 heavy (non-hydrogen) atoms. The number of hydrogen-bond acceptors (Lipinski definition) is 4. The number of amides is 1. The van der Waals surface area contributed by atoms with Gasteiger partial charge in [0, 0.05) is 6.07 Å². The Morgan fingerprint density at radius 2 is 2.33 bits per heavy atom. The Labute approximate surface area is 86.3 Å². The lowest BCUT2D eigenvalue weighted by Gasteiger charge is -2.07. The normalized spacial score (nSPS) is 12.1. The van der Waals surface area contributed by atoms with Crippen LogP contribution in [0, 0.1) is 6.92 Å². The van der Waals surface area contributed by atoms with Crippen LogP contribution in [0.1, 0.15) is 18.4 Å². The third-order valence-corrected chi connectivity index (χ3v) is 1.77. The minimum atomic E-state index is -1.07. The van der Waals surface area contributed by atoms with Crippen LogP contribution >= 0.6 is 0 Å². The van der Waals surface area contributed by atoms with Crippen LogP contribution in [0.25, 0.3) is 0 Å². The summed E-state index contributed by atoms with van der Waals surface area (Å²) >= 11 is 0. The zero-order chi connectivity index (χ0) is 11.4. The molecular formula is C9H12N2O4. The maximum absolute atomic E-state index is 11.3. The maximum atomic E-state index is 11.3. The van der Waals surface area contributed by atoms with Crippen molar-refractivity contribution in [1.82, 2.24) is 10.5 Å². The number of rotatable bonds is 4. The average Bonchev–Trinajstić information content (AvgIpc) is 2.50. The predicted octanol–water partition coefficient (Wildman–Crippen LogP) is 0.115. The molecule has 6 heteroatoms. The van der Waals surface area contributed by atoms with Crippen molar-refractivity contribution >= 4 is 11.9 Å². The molecule has 0 spiro atoms. The second-order valence-electron chi connectivity index (χ2n) is 3.23. The monoisotopic (exact) mass is 212 g/mol. The van der Waals surface area contributed by atoms with Crippen molar-refractivity contribution in [1.29, 1.82) is 0 Å². The summed E-state index contributed by atoms with van der Waals surface area (Å²) in [7, 11) is 0. The van der Waals surface area contributed by atoms with E-state index in [-0.39, 0.29) is 6.42 Å². The van der Waals surface area contributed by atoms with Gasteiger partial charge in [0.1, 0.15) is 11.8 Å². The van der Waals surface area contributed by atoms with Gasteiger partial charge >= 0.3 is 5.97 Å². The van der Waals surface area contributed by atoms with Crippen LogP contribution in [0.15, 0.2) is 10.6 Å². The van der Waals surface area contributed by atoms with Gasteiger partial charge in [-0.05, 0) is 13.8 Å². The fourth-order valence-electron chi connectivity index (χ4n) is 1.02. The Kier molecular flexibility index (Phi) is 3.43. The zero-order valence-electron chi connectivity index (χ0n) is 8.48. The number of carboxylic acids is 1. The van der Waals surface area contributed by atoms with Gasteiger partial charge in [0.15, 0.2) is 0 Å². The topological polar surface area (TPSA) is 92.4 Å². The molecule has 1 aromatic rings. The summed E-state index contributed by atoms with van der Waals surface area (Å²) < 4.78 is 4.77. The van der Waals surface area contributed by atoms with Gasteiger partial charge in [-0.1, -0.05) is 5.16 Å². The lowest BCUT2D eigenvalue weighted by Crippen LogP contribution is -2.39. The standard InChI is InChI=1S/C9H12N2O4/c1-5-3-7(11-15-5)4-8(12)10-6(2)9(13)14/h3,6H,4H2,1-2H3,(H,10,12)(H,13,14)/t6-/m1/s1. The Balaban J connectivity index is 2.46. The van der Waals surface area contributed by atoms with E-state index in [4.69, 9.17) is 9.63 Å². The number of nitrogens with zero attached hydrogens (tertiary/aromatic N) is 1. The molecule has 0 aromatic carbocycles. The van der Waals surface area contributed by atoms with Gasteiger partial charge in [-0.2, -0.15) is 0 Å². The molecule has 0 saturated carbocycles. The Morgan fingerprint density at radius 3 is 2.80 bits per heavy atom. The number of carbonyl (C=O) groups is 2. The Hall–Kier alpha value is -1.85. The molecule has 1 aromatic heterocycles. The van der Waals surface area contributed by atoms with Gasteiger partial charge in [-0.15, -0.1) is 0 Å². The highest BCUT2D eigenvalue weighted by Crippen LogP contribution is 2.02. The van der Waals surface area contributed by atoms with E-state index < -0.39 is 17.9 Å². The van der Waals surface area contributed by atoms with Crippen LogP contribution in [0.4, 0.5) is 0 Å². The molecule has 0 aliphatic carbocycles. The number of aromatic nitrogens is 1. The molecule has 0 unspecified atom stereocenters. The maximum Gasteiger partial charge on any atom is 0.325 e. The van der Waals surface area contributed by atoms with Crippen LogP contribution < -0.4 is 5.32 Å². The number of hydrogen-bond donors (Lipinski definition) is 2. The Morgan fingerprint density at radius 1 is 1.67 bits per heavy atom. The van der Waals surface area contributed by atoms with E-state index in [0.717, 1.165) is 0 Å². The number of nitrogens with one attached hydrogen (secondary N) is 1. The van der Waals surface area contributed by atoms with Crippen molar-refractivity contribution < 1.29 is 19.2 Å². The number of carbonyl (C=O) groups excluding carboxylic acids is 1. The summed E-state index contributed by atoms with van der Waals surface area (Å²) in [5, 5.41) is 14.5. The van der Waals surface area contributed by atoms with Crippen molar-refractivity contribution in [2.24, 2.45) is 0 Å². The summed E-state index contributed by atoms with van der Waals surface area (Å²) in [4.78, 5) is 21.7. The minimum Gasteiger partial charge on any atom is -0.480 e. The first-order valence-electron chi connectivity index (χ1n) is 4.43. The van der Waals surface area contributed by atoms with Gasteiger partial charge in [0.2, 0.25) is 5.91 Å². The van der Waals surface area contributed by atoms with E-state index >= 15 is 0 Å². The molecule has 1 heterocycles.